The molecule has 1 fully saturated rings. The Bertz CT molecular complexity index is 474. The Kier molecular flexibility index (Phi) is 4.96. The highest BCUT2D eigenvalue weighted by Crippen LogP contribution is 2.24. The molecule has 0 spiro atoms. The topological polar surface area (TPSA) is 57.6 Å². The number of halogens is 1. The van der Waals surface area contributed by atoms with Crippen LogP contribution in [0.5, 0.6) is 0 Å². The molecule has 2 rings (SSSR count). The molecular weight excluding hydrogens is 286 g/mol. The molecule has 104 valence electrons. The monoisotopic (exact) mass is 301 g/mol. The van der Waals surface area contributed by atoms with Crippen LogP contribution in [-0.4, -0.2) is 40.9 Å². The summed E-state index contributed by atoms with van der Waals surface area (Å²) in [5, 5.41) is 8.84. The van der Waals surface area contributed by atoms with Crippen LogP contribution in [0.2, 0.25) is 4.34 Å². The van der Waals surface area contributed by atoms with E-state index in [0.29, 0.717) is 22.2 Å². The van der Waals surface area contributed by atoms with Crippen molar-refractivity contribution >= 4 is 34.7 Å². The van der Waals surface area contributed by atoms with E-state index in [1.165, 1.54) is 11.3 Å². The van der Waals surface area contributed by atoms with Gasteiger partial charge < -0.3 is 5.11 Å². The number of hydrogen-bond donors (Lipinski definition) is 1. The number of thiophene rings is 1. The van der Waals surface area contributed by atoms with Crippen LogP contribution in [0.3, 0.4) is 0 Å². The van der Waals surface area contributed by atoms with Crippen molar-refractivity contribution in [2.45, 2.75) is 31.7 Å². The van der Waals surface area contributed by atoms with Gasteiger partial charge >= 0.3 is 5.97 Å². The van der Waals surface area contributed by atoms with Crippen LogP contribution in [0.1, 0.15) is 35.4 Å². The van der Waals surface area contributed by atoms with Gasteiger partial charge in [-0.25, -0.2) is 0 Å². The van der Waals surface area contributed by atoms with E-state index < -0.39 is 5.97 Å². The number of rotatable bonds is 6. The first-order chi connectivity index (χ1) is 9.06. The summed E-state index contributed by atoms with van der Waals surface area (Å²) in [5.41, 5.74) is 0. The van der Waals surface area contributed by atoms with Gasteiger partial charge in [-0.2, -0.15) is 0 Å². The molecule has 0 aromatic carbocycles. The molecule has 1 atom stereocenters. The number of carbonyl (C=O) groups excluding carboxylic acids is 1. The molecular formula is C13H16ClNO3S. The molecule has 0 bridgehead atoms. The molecule has 4 nitrogen and oxygen atoms in total. The predicted molar refractivity (Wildman–Crippen MR) is 75.1 cm³/mol. The van der Waals surface area contributed by atoms with Crippen molar-refractivity contribution in [2.75, 3.05) is 13.1 Å². The second-order valence-corrected chi connectivity index (χ2v) is 6.42. The zero-order chi connectivity index (χ0) is 13.8. The normalized spacial score (nSPS) is 19.7. The number of Topliss-reactive ketones (excluding diaryl/α,β-unsaturated/α-hetero) is 1. The van der Waals surface area contributed by atoms with Gasteiger partial charge in [-0.15, -0.1) is 11.3 Å². The van der Waals surface area contributed by atoms with E-state index in [1.807, 2.05) is 0 Å². The molecule has 0 saturated carbocycles. The fourth-order valence-corrected chi connectivity index (χ4v) is 3.47. The lowest BCUT2D eigenvalue weighted by Gasteiger charge is -2.22. The van der Waals surface area contributed by atoms with Crippen molar-refractivity contribution in [3.05, 3.63) is 21.3 Å². The fourth-order valence-electron chi connectivity index (χ4n) is 2.45. The Labute approximate surface area is 121 Å². The summed E-state index contributed by atoms with van der Waals surface area (Å²) in [6.07, 6.45) is 2.51. The van der Waals surface area contributed by atoms with Crippen molar-refractivity contribution in [1.29, 1.82) is 0 Å². The van der Waals surface area contributed by atoms with Crippen molar-refractivity contribution in [3.63, 3.8) is 0 Å². The Hall–Kier alpha value is -0.910. The molecule has 1 unspecified atom stereocenters. The van der Waals surface area contributed by atoms with Gasteiger partial charge in [0.25, 0.3) is 0 Å². The van der Waals surface area contributed by atoms with Crippen LogP contribution in [0.25, 0.3) is 0 Å². The Balaban J connectivity index is 1.84. The van der Waals surface area contributed by atoms with Gasteiger partial charge in [0.2, 0.25) is 0 Å². The highest BCUT2D eigenvalue weighted by molar-refractivity contribution is 7.18. The van der Waals surface area contributed by atoms with E-state index >= 15 is 0 Å². The molecule has 1 aliphatic heterocycles. The molecule has 0 aliphatic carbocycles. The Morgan fingerprint density at radius 2 is 2.26 bits per heavy atom. The molecule has 19 heavy (non-hydrogen) atoms. The van der Waals surface area contributed by atoms with Gasteiger partial charge in [0, 0.05) is 19.0 Å². The SMILES string of the molecule is O=C(O)CC1CCCN1CCC(=O)c1ccc(Cl)s1. The minimum Gasteiger partial charge on any atom is -0.481 e. The first-order valence-corrected chi connectivity index (χ1v) is 7.50. The number of ketones is 1. The van der Waals surface area contributed by atoms with Crippen LogP contribution >= 0.6 is 22.9 Å². The average Bonchev–Trinajstić information content (AvgIpc) is 2.95. The van der Waals surface area contributed by atoms with Crippen molar-refractivity contribution in [3.8, 4) is 0 Å². The van der Waals surface area contributed by atoms with Gasteiger partial charge in [-0.1, -0.05) is 11.6 Å². The third-order valence-electron chi connectivity index (χ3n) is 3.38. The third kappa shape index (κ3) is 4.03. The average molecular weight is 302 g/mol. The smallest absolute Gasteiger partial charge is 0.304 e. The fraction of sp³-hybridized carbons (Fsp3) is 0.538. The molecule has 6 heteroatoms. The first kappa shape index (κ1) is 14.5. The molecule has 0 amide bonds. The standard InChI is InChI=1S/C13H16ClNO3S/c14-12-4-3-11(19-12)10(16)5-7-15-6-1-2-9(15)8-13(17)18/h3-4,9H,1-2,5-8H2,(H,17,18). The van der Waals surface area contributed by atoms with Gasteiger partial charge in [0.15, 0.2) is 5.78 Å². The Morgan fingerprint density at radius 3 is 2.89 bits per heavy atom. The lowest BCUT2D eigenvalue weighted by Crippen LogP contribution is -2.33. The number of nitrogens with zero attached hydrogens (tertiary/aromatic N) is 1. The first-order valence-electron chi connectivity index (χ1n) is 6.30. The quantitative estimate of drug-likeness (QED) is 0.821. The largest absolute Gasteiger partial charge is 0.481 e. The lowest BCUT2D eigenvalue weighted by molar-refractivity contribution is -0.138. The number of carboxylic acids is 1. The molecule has 1 N–H and O–H groups in total. The van der Waals surface area contributed by atoms with E-state index in [9.17, 15) is 9.59 Å². The maximum absolute atomic E-state index is 12.0. The molecule has 1 aromatic rings. The molecule has 1 saturated heterocycles. The number of carbonyl (C=O) groups is 2. The van der Waals surface area contributed by atoms with Crippen LogP contribution in [-0.2, 0) is 4.79 Å². The maximum atomic E-state index is 12.0. The van der Waals surface area contributed by atoms with E-state index in [0.717, 1.165) is 19.4 Å². The molecule has 0 radical (unpaired) electrons. The number of carboxylic acid groups (broad SMARTS) is 1. The maximum Gasteiger partial charge on any atom is 0.304 e. The zero-order valence-electron chi connectivity index (χ0n) is 10.5. The van der Waals surface area contributed by atoms with Crippen LogP contribution in [0.4, 0.5) is 0 Å². The van der Waals surface area contributed by atoms with E-state index in [4.69, 9.17) is 16.7 Å². The summed E-state index contributed by atoms with van der Waals surface area (Å²) in [6, 6.07) is 3.55. The number of likely N-dealkylation sites (tertiary alicyclic amines) is 1. The molecule has 1 aliphatic rings. The predicted octanol–water partition coefficient (Wildman–Crippen LogP) is 2.91. The van der Waals surface area contributed by atoms with E-state index in [2.05, 4.69) is 4.90 Å². The summed E-state index contributed by atoms with van der Waals surface area (Å²) in [7, 11) is 0. The van der Waals surface area contributed by atoms with Gasteiger partial charge in [-0.05, 0) is 31.5 Å². The highest BCUT2D eigenvalue weighted by Gasteiger charge is 2.26. The summed E-state index contributed by atoms with van der Waals surface area (Å²) in [4.78, 5) is 25.5. The zero-order valence-corrected chi connectivity index (χ0v) is 12.0. The minimum absolute atomic E-state index is 0.0808. The van der Waals surface area contributed by atoms with Crippen molar-refractivity contribution in [1.82, 2.24) is 4.90 Å². The number of hydrogen-bond acceptors (Lipinski definition) is 4. The van der Waals surface area contributed by atoms with E-state index in [1.54, 1.807) is 12.1 Å². The second kappa shape index (κ2) is 6.50. The van der Waals surface area contributed by atoms with Gasteiger partial charge in [0.1, 0.15) is 0 Å². The Morgan fingerprint density at radius 1 is 1.47 bits per heavy atom. The van der Waals surface area contributed by atoms with Crippen LogP contribution in [0, 0.1) is 0 Å². The summed E-state index contributed by atoms with van der Waals surface area (Å²) < 4.78 is 0.619. The summed E-state index contributed by atoms with van der Waals surface area (Å²) >= 11 is 7.10. The molecule has 1 aromatic heterocycles. The summed E-state index contributed by atoms with van der Waals surface area (Å²) in [6.45, 7) is 1.52. The number of aliphatic carboxylic acids is 1. The third-order valence-corrected chi connectivity index (χ3v) is 4.66. The molecule has 2 heterocycles. The van der Waals surface area contributed by atoms with E-state index in [-0.39, 0.29) is 18.2 Å². The second-order valence-electron chi connectivity index (χ2n) is 4.71. The van der Waals surface area contributed by atoms with Crippen LogP contribution in [0.15, 0.2) is 12.1 Å². The van der Waals surface area contributed by atoms with Crippen LogP contribution < -0.4 is 0 Å². The highest BCUT2D eigenvalue weighted by atomic mass is 35.5. The van der Waals surface area contributed by atoms with Gasteiger partial charge in [0.05, 0.1) is 15.6 Å². The van der Waals surface area contributed by atoms with Crippen molar-refractivity contribution < 1.29 is 14.7 Å². The van der Waals surface area contributed by atoms with Gasteiger partial charge in [-0.3, -0.25) is 14.5 Å². The lowest BCUT2D eigenvalue weighted by atomic mass is 10.1. The minimum atomic E-state index is -0.770. The summed E-state index contributed by atoms with van der Waals surface area (Å²) in [5.74, 6) is -0.689. The van der Waals surface area contributed by atoms with Crippen molar-refractivity contribution in [2.24, 2.45) is 0 Å².